The molecule has 6 heteroatoms. The average Bonchev–Trinajstić information content (AvgIpc) is 2.67. The molecule has 0 aliphatic carbocycles. The fourth-order valence-corrected chi connectivity index (χ4v) is 2.94. The Bertz CT molecular complexity index is 815. The quantitative estimate of drug-likeness (QED) is 0.620. The van der Waals surface area contributed by atoms with Gasteiger partial charge in [0.25, 0.3) is 0 Å². The molecule has 0 spiro atoms. The summed E-state index contributed by atoms with van der Waals surface area (Å²) in [5.41, 5.74) is 2.37. The zero-order valence-electron chi connectivity index (χ0n) is 14.6. The number of nitrogens with zero attached hydrogens (tertiary/aromatic N) is 1. The molecule has 0 aliphatic rings. The number of hydrogen-bond acceptors (Lipinski definition) is 5. The predicted molar refractivity (Wildman–Crippen MR) is 95.1 cm³/mol. The van der Waals surface area contributed by atoms with Crippen LogP contribution in [0.1, 0.15) is 46.0 Å². The summed E-state index contributed by atoms with van der Waals surface area (Å²) in [4.78, 5) is 24.7. The van der Waals surface area contributed by atoms with Crippen molar-refractivity contribution < 1.29 is 19.1 Å². The van der Waals surface area contributed by atoms with Gasteiger partial charge in [0.1, 0.15) is 0 Å². The third-order valence-electron chi connectivity index (χ3n) is 4.13. The molecule has 0 atom stereocenters. The van der Waals surface area contributed by atoms with Crippen LogP contribution in [0.15, 0.2) is 12.1 Å². The van der Waals surface area contributed by atoms with E-state index in [1.807, 2.05) is 25.5 Å². The van der Waals surface area contributed by atoms with Crippen molar-refractivity contribution >= 4 is 34.9 Å². The average molecular weight is 347 g/mol. The zero-order chi connectivity index (χ0) is 18.0. The standard InChI is InChI=1S/C18H21NO4S/c1-6-22-17(20)14-8-12-10(3)19(5)11(4)13(12)9-15(16(14)24)18(21)23-7-2/h8-9H,6-7H2,1-5H3. The first-order valence-electron chi connectivity index (χ1n) is 7.81. The number of fused-ring (bicyclic) bond motifs is 1. The smallest absolute Gasteiger partial charge is 0.339 e. The summed E-state index contributed by atoms with van der Waals surface area (Å²) in [6.45, 7) is 7.83. The van der Waals surface area contributed by atoms with Crippen molar-refractivity contribution in [2.45, 2.75) is 27.7 Å². The molecule has 2 aromatic rings. The van der Waals surface area contributed by atoms with Crippen molar-refractivity contribution in [3.8, 4) is 0 Å². The van der Waals surface area contributed by atoms with Crippen molar-refractivity contribution in [2.75, 3.05) is 13.2 Å². The molecule has 0 saturated heterocycles. The van der Waals surface area contributed by atoms with Crippen LogP contribution in [-0.2, 0) is 16.5 Å². The number of rotatable bonds is 4. The Balaban J connectivity index is 2.93. The summed E-state index contributed by atoms with van der Waals surface area (Å²) < 4.78 is 12.4. The largest absolute Gasteiger partial charge is 0.462 e. The van der Waals surface area contributed by atoms with Gasteiger partial charge in [0.15, 0.2) is 0 Å². The Labute approximate surface area is 146 Å². The molecule has 0 amide bonds. The lowest BCUT2D eigenvalue weighted by Crippen LogP contribution is -2.09. The zero-order valence-corrected chi connectivity index (χ0v) is 15.4. The SMILES string of the molecule is CCOC(=O)c1cc2c(C)n(C)c(C)c2cc(C(=O)OCC)c1=S. The maximum Gasteiger partial charge on any atom is 0.339 e. The number of aryl methyl sites for hydroxylation is 2. The maximum atomic E-state index is 12.3. The van der Waals surface area contributed by atoms with Gasteiger partial charge in [-0.2, -0.15) is 0 Å². The van der Waals surface area contributed by atoms with Gasteiger partial charge >= 0.3 is 11.9 Å². The van der Waals surface area contributed by atoms with Crippen molar-refractivity contribution in [1.82, 2.24) is 4.57 Å². The second-order valence-electron chi connectivity index (χ2n) is 5.44. The Morgan fingerprint density at radius 1 is 0.958 bits per heavy atom. The summed E-state index contributed by atoms with van der Waals surface area (Å²) in [5, 5.41) is 1.72. The predicted octanol–water partition coefficient (Wildman–Crippen LogP) is 3.88. The van der Waals surface area contributed by atoms with E-state index in [0.29, 0.717) is 0 Å². The molecule has 128 valence electrons. The van der Waals surface area contributed by atoms with Gasteiger partial charge in [-0.15, -0.1) is 0 Å². The molecule has 2 rings (SSSR count). The lowest BCUT2D eigenvalue weighted by atomic mass is 10.2. The molecule has 1 heterocycles. The van der Waals surface area contributed by atoms with Gasteiger partial charge in [-0.1, -0.05) is 12.2 Å². The maximum absolute atomic E-state index is 12.3. The summed E-state index contributed by atoms with van der Waals surface area (Å²) in [6.07, 6.45) is 0. The minimum Gasteiger partial charge on any atom is -0.462 e. The number of carbonyl (C=O) groups excluding carboxylic acids is 2. The van der Waals surface area contributed by atoms with E-state index >= 15 is 0 Å². The van der Waals surface area contributed by atoms with E-state index in [9.17, 15) is 9.59 Å². The minimum absolute atomic E-state index is 0.157. The van der Waals surface area contributed by atoms with E-state index in [2.05, 4.69) is 0 Å². The highest BCUT2D eigenvalue weighted by atomic mass is 32.1. The Morgan fingerprint density at radius 3 is 1.67 bits per heavy atom. The lowest BCUT2D eigenvalue weighted by molar-refractivity contribution is 0.0525. The van der Waals surface area contributed by atoms with Crippen molar-refractivity contribution in [3.63, 3.8) is 0 Å². The van der Waals surface area contributed by atoms with Crippen LogP contribution in [0.5, 0.6) is 0 Å². The first-order chi connectivity index (χ1) is 11.3. The van der Waals surface area contributed by atoms with Crippen LogP contribution in [0.25, 0.3) is 10.8 Å². The van der Waals surface area contributed by atoms with Crippen LogP contribution in [0.4, 0.5) is 0 Å². The highest BCUT2D eigenvalue weighted by molar-refractivity contribution is 7.71. The number of ether oxygens (including phenoxy) is 2. The first kappa shape index (κ1) is 18.1. The van der Waals surface area contributed by atoms with Gasteiger partial charge in [0.05, 0.1) is 28.9 Å². The summed E-state index contributed by atoms with van der Waals surface area (Å²) in [6, 6.07) is 3.42. The Morgan fingerprint density at radius 2 is 1.33 bits per heavy atom. The number of aromatic nitrogens is 1. The Hall–Kier alpha value is -2.21. The van der Waals surface area contributed by atoms with Crippen molar-refractivity contribution in [1.29, 1.82) is 0 Å². The van der Waals surface area contributed by atoms with Crippen LogP contribution in [-0.4, -0.2) is 29.7 Å². The third kappa shape index (κ3) is 3.06. The second-order valence-corrected chi connectivity index (χ2v) is 5.85. The molecular weight excluding hydrogens is 326 g/mol. The van der Waals surface area contributed by atoms with Gasteiger partial charge in [-0.25, -0.2) is 9.59 Å². The van der Waals surface area contributed by atoms with Gasteiger partial charge in [0.2, 0.25) is 0 Å². The van der Waals surface area contributed by atoms with Crippen LogP contribution >= 0.6 is 12.2 Å². The van der Waals surface area contributed by atoms with Crippen molar-refractivity contribution in [3.05, 3.63) is 39.2 Å². The molecule has 0 bridgehead atoms. The van der Waals surface area contributed by atoms with Gasteiger partial charge in [-0.05, 0) is 39.8 Å². The van der Waals surface area contributed by atoms with Crippen molar-refractivity contribution in [2.24, 2.45) is 7.05 Å². The van der Waals surface area contributed by atoms with E-state index in [-0.39, 0.29) is 28.9 Å². The normalized spacial score (nSPS) is 10.7. The van der Waals surface area contributed by atoms with E-state index in [1.54, 1.807) is 26.0 Å². The fourth-order valence-electron chi connectivity index (χ4n) is 2.65. The molecule has 1 aromatic heterocycles. The van der Waals surface area contributed by atoms with Crippen LogP contribution < -0.4 is 0 Å². The van der Waals surface area contributed by atoms with Gasteiger partial charge < -0.3 is 14.0 Å². The van der Waals surface area contributed by atoms with Crippen LogP contribution in [0, 0.1) is 18.4 Å². The first-order valence-corrected chi connectivity index (χ1v) is 8.22. The van der Waals surface area contributed by atoms with Gasteiger partial charge in [0, 0.05) is 29.2 Å². The second kappa shape index (κ2) is 7.13. The molecule has 1 aromatic carbocycles. The number of hydrogen-bond donors (Lipinski definition) is 0. The molecule has 24 heavy (non-hydrogen) atoms. The molecule has 0 unspecified atom stereocenters. The number of carbonyl (C=O) groups is 2. The lowest BCUT2D eigenvalue weighted by Gasteiger charge is -2.03. The summed E-state index contributed by atoms with van der Waals surface area (Å²) in [7, 11) is 1.94. The van der Waals surface area contributed by atoms with E-state index in [4.69, 9.17) is 21.7 Å². The molecule has 5 nitrogen and oxygen atoms in total. The molecule has 0 fully saturated rings. The van der Waals surface area contributed by atoms with Crippen LogP contribution in [0.3, 0.4) is 0 Å². The third-order valence-corrected chi connectivity index (χ3v) is 4.57. The van der Waals surface area contributed by atoms with E-state index < -0.39 is 11.9 Å². The fraction of sp³-hybridized carbons (Fsp3) is 0.389. The highest BCUT2D eigenvalue weighted by Gasteiger charge is 2.19. The molecule has 0 aliphatic heterocycles. The van der Waals surface area contributed by atoms with Crippen LogP contribution in [0.2, 0.25) is 0 Å². The van der Waals surface area contributed by atoms with Gasteiger partial charge in [-0.3, -0.25) is 0 Å². The van der Waals surface area contributed by atoms with E-state index in [1.165, 1.54) is 0 Å². The molecule has 0 N–H and O–H groups in total. The monoisotopic (exact) mass is 347 g/mol. The molecule has 0 radical (unpaired) electrons. The number of esters is 2. The molecule has 0 saturated carbocycles. The summed E-state index contributed by atoms with van der Waals surface area (Å²) in [5.74, 6) is -1.07. The highest BCUT2D eigenvalue weighted by Crippen LogP contribution is 2.27. The minimum atomic E-state index is -0.536. The molecular formula is C18H21NO4S. The van der Waals surface area contributed by atoms with E-state index in [0.717, 1.165) is 22.2 Å². The summed E-state index contributed by atoms with van der Waals surface area (Å²) >= 11 is 5.40. The topological polar surface area (TPSA) is 57.5 Å². The Kier molecular flexibility index (Phi) is 5.39.